The van der Waals surface area contributed by atoms with E-state index in [0.29, 0.717) is 36.9 Å². The first-order valence-electron chi connectivity index (χ1n) is 29.4. The molecule has 4 aliphatic rings. The van der Waals surface area contributed by atoms with Crippen LogP contribution < -0.4 is 32.7 Å². The van der Waals surface area contributed by atoms with Crippen molar-refractivity contribution in [1.82, 2.24) is 59.5 Å². The number of nitrogen functional groups attached to an aromatic ring is 1. The number of nitrogens with two attached hydrogens (primary N) is 2. The van der Waals surface area contributed by atoms with E-state index in [1.807, 2.05) is 0 Å². The number of likely N-dealkylation sites (N-methyl/N-ethyl adjacent to an activating group) is 1. The molecule has 5 aromatic rings. The number of nitrogens with one attached hydrogen (secondary N) is 4. The molecule has 12 atom stereocenters. The Morgan fingerprint density at radius 1 is 0.798 bits per heavy atom. The molecular formula is C54H68F2N16O18P2S2. The van der Waals surface area contributed by atoms with Gasteiger partial charge in [0.25, 0.3) is 11.8 Å². The molecule has 1 aromatic carbocycles. The molecule has 94 heavy (non-hydrogen) atoms. The van der Waals surface area contributed by atoms with Gasteiger partial charge in [0.1, 0.15) is 55.8 Å². The van der Waals surface area contributed by atoms with E-state index in [0.717, 1.165) is 33.3 Å². The molecule has 0 saturated carbocycles. The van der Waals surface area contributed by atoms with E-state index in [1.54, 1.807) is 38.1 Å². The number of carbonyl (C=O) groups excluding carboxylic acids is 8. The average Bonchev–Trinajstić information content (AvgIpc) is 1.62. The third kappa shape index (κ3) is 17.8. The molecule has 0 aliphatic carbocycles. The summed E-state index contributed by atoms with van der Waals surface area (Å²) in [5.41, 5.74) is 12.1. The fourth-order valence-electron chi connectivity index (χ4n) is 10.4. The van der Waals surface area contributed by atoms with E-state index in [2.05, 4.69) is 51.2 Å². The molecule has 0 radical (unpaired) electrons. The molecule has 8 heterocycles. The van der Waals surface area contributed by atoms with Crippen molar-refractivity contribution < 1.29 is 94.0 Å². The maximum absolute atomic E-state index is 16.7. The van der Waals surface area contributed by atoms with Crippen molar-refractivity contribution in [3.63, 3.8) is 0 Å². The number of ether oxygens (including phenoxy) is 4. The highest BCUT2D eigenvalue weighted by Crippen LogP contribution is 2.55. The van der Waals surface area contributed by atoms with E-state index in [-0.39, 0.29) is 115 Å². The van der Waals surface area contributed by atoms with E-state index in [4.69, 9.17) is 72.1 Å². The zero-order valence-electron chi connectivity index (χ0n) is 50.5. The Labute approximate surface area is 543 Å². The number of ketones is 1. The third-order valence-corrected chi connectivity index (χ3v) is 18.4. The molecule has 508 valence electrons. The number of Topliss-reactive ketones (excluding diaryl/α,β-unsaturated/α-hetero) is 1. The predicted molar refractivity (Wildman–Crippen MR) is 331 cm³/mol. The highest BCUT2D eigenvalue weighted by Gasteiger charge is 2.54. The lowest BCUT2D eigenvalue weighted by Crippen LogP contribution is -2.45. The van der Waals surface area contributed by atoms with Gasteiger partial charge in [0.05, 0.1) is 38.5 Å². The number of anilines is 3. The molecule has 0 spiro atoms. The van der Waals surface area contributed by atoms with E-state index >= 15 is 8.78 Å². The van der Waals surface area contributed by atoms with Gasteiger partial charge in [-0.2, -0.15) is 0 Å². The topological polar surface area (TPSA) is 445 Å². The highest BCUT2D eigenvalue weighted by molar-refractivity contribution is 8.07. The fourth-order valence-corrected chi connectivity index (χ4v) is 13.3. The lowest BCUT2D eigenvalue weighted by Gasteiger charge is -2.29. The normalized spacial score (nSPS) is 25.2. The Bertz CT molecular complexity index is 3750. The number of halogens is 2. The fraction of sp³-hybridized carbons (Fsp3) is 0.519. The first kappa shape index (κ1) is 70.6. The number of carbonyl (C=O) groups is 8. The SMILES string of the molecule is CC(C)[C@H](NC(=O)CCCCCN1C(=O)C=CC1=O)C(=O)C[C@@H](CCCNC(N)=O)C(=O)Nc1ccc(COC(=O)N(C)CCOC(=O)Nc2ncnc3c2ncn3[C@@H]2O[C@@H]3COP(O)(=S)O[C@H]4[C@@H](F)[C@H](n5cnc6c(N)ncnc65)O[C@@H]4COP(O)(=S)O[C@H]3[C@H]2F)cc1. The molecule has 4 aliphatic heterocycles. The second-order valence-electron chi connectivity index (χ2n) is 22.3. The number of hydrogen-bond donors (Lipinski definition) is 8. The van der Waals surface area contributed by atoms with Crippen LogP contribution in [0.1, 0.15) is 76.8 Å². The molecule has 2 unspecified atom stereocenters. The number of hydrogen-bond acceptors (Lipinski definition) is 25. The van der Waals surface area contributed by atoms with Gasteiger partial charge in [-0.15, -0.1) is 0 Å². The zero-order valence-corrected chi connectivity index (χ0v) is 54.0. The number of nitrogens with zero attached hydrogens (tertiary/aromatic N) is 10. The molecule has 9 rings (SSSR count). The summed E-state index contributed by atoms with van der Waals surface area (Å²) in [4.78, 5) is 151. The van der Waals surface area contributed by atoms with Crippen molar-refractivity contribution >= 4 is 124 Å². The van der Waals surface area contributed by atoms with Crippen LogP contribution in [0, 0.1) is 11.8 Å². The van der Waals surface area contributed by atoms with Gasteiger partial charge < -0.3 is 70.1 Å². The standard InChI is InChI=1S/C54H68F2N16O18P2S2/c1-28(2)40(67-35(74)9-5-4-6-17-70-36(75)14-15-37(70)76)32(73)20-30(8-7-16-59-52(58)78)49(77)66-31-12-10-29(11-13-31)21-84-54(80)69(3)18-19-83-53(79)68-46-42-48(63-25-61-46)72(27-65-42)51-39(56)44-34(88-51)23-86-91(81,93)89-43-33(22-85-92(82,94)90-44)87-50(38(43)55)71-26-64-41-45(57)60-24-62-47(41)71/h10-15,24-28,30,33-34,38-40,43-44,50-51H,4-9,16-23H2,1-3H3,(H,66,77)(H,67,74)(H,81,93)(H,82,94)(H2,57,60,62)(H3,58,59,78)(H,61,63,68,79)/t30-,33-,34-,38-,39-,40+,43-,44-,50-,51-,91?,92?/m1/s1. The molecule has 0 bridgehead atoms. The van der Waals surface area contributed by atoms with Gasteiger partial charge in [-0.1, -0.05) is 32.4 Å². The van der Waals surface area contributed by atoms with Crippen molar-refractivity contribution in [2.75, 3.05) is 62.9 Å². The van der Waals surface area contributed by atoms with E-state index in [9.17, 15) is 48.1 Å². The first-order valence-corrected chi connectivity index (χ1v) is 34.6. The summed E-state index contributed by atoms with van der Waals surface area (Å²) in [6, 6.07) is 4.69. The summed E-state index contributed by atoms with van der Waals surface area (Å²) < 4.78 is 80.5. The van der Waals surface area contributed by atoms with E-state index in [1.165, 1.54) is 30.1 Å². The van der Waals surface area contributed by atoms with Gasteiger partial charge in [-0.3, -0.25) is 52.4 Å². The summed E-state index contributed by atoms with van der Waals surface area (Å²) in [7, 11) is 1.40. The number of fused-ring (bicyclic) bond motifs is 4. The number of imide groups is 1. The maximum atomic E-state index is 16.7. The minimum atomic E-state index is -4.43. The molecule has 4 aromatic heterocycles. The predicted octanol–water partition coefficient (Wildman–Crippen LogP) is 3.38. The van der Waals surface area contributed by atoms with Crippen LogP contribution in [0.15, 0.2) is 61.7 Å². The number of alkyl halides is 2. The van der Waals surface area contributed by atoms with Crippen LogP contribution in [-0.2, 0) is 91.2 Å². The van der Waals surface area contributed by atoms with Gasteiger partial charge in [0, 0.05) is 56.7 Å². The minimum absolute atomic E-state index is 0.0135. The number of amides is 8. The molecule has 8 amide bonds. The Morgan fingerprint density at radius 3 is 2.00 bits per heavy atom. The van der Waals surface area contributed by atoms with Crippen LogP contribution in [-0.4, -0.2) is 196 Å². The number of urea groups is 1. The van der Waals surface area contributed by atoms with Crippen LogP contribution in [0.3, 0.4) is 0 Å². The van der Waals surface area contributed by atoms with Crippen LogP contribution >= 0.6 is 13.4 Å². The van der Waals surface area contributed by atoms with E-state index < -0.39 is 112 Å². The average molecular weight is 1390 g/mol. The lowest BCUT2D eigenvalue weighted by molar-refractivity contribution is -0.137. The third-order valence-electron chi connectivity index (χ3n) is 15.3. The molecule has 3 saturated heterocycles. The number of aromatic nitrogens is 8. The Morgan fingerprint density at radius 2 is 1.39 bits per heavy atom. The Hall–Kier alpha value is -7.74. The van der Waals surface area contributed by atoms with Gasteiger partial charge >= 0.3 is 31.7 Å². The van der Waals surface area contributed by atoms with Gasteiger partial charge in [-0.05, 0) is 72.9 Å². The van der Waals surface area contributed by atoms with Crippen molar-refractivity contribution in [3.8, 4) is 0 Å². The van der Waals surface area contributed by atoms with Gasteiger partial charge in [0.15, 0.2) is 59.0 Å². The zero-order chi connectivity index (χ0) is 67.6. The lowest BCUT2D eigenvalue weighted by atomic mass is 9.89. The summed E-state index contributed by atoms with van der Waals surface area (Å²) in [5.74, 6) is -3.35. The summed E-state index contributed by atoms with van der Waals surface area (Å²) in [6.07, 6.45) is -6.77. The number of unbranched alkanes of at least 4 members (excludes halogenated alkanes) is 2. The largest absolute Gasteiger partial charge is 0.447 e. The molecular weight excluding hydrogens is 1320 g/mol. The highest BCUT2D eigenvalue weighted by atomic mass is 32.5. The molecule has 3 fully saturated rings. The van der Waals surface area contributed by atoms with Gasteiger partial charge in [-0.25, -0.2) is 53.1 Å². The smallest absolute Gasteiger partial charge is 0.412 e. The van der Waals surface area contributed by atoms with Crippen molar-refractivity contribution in [2.24, 2.45) is 17.6 Å². The molecule has 34 nitrogen and oxygen atoms in total. The Kier molecular flexibility index (Phi) is 23.4. The monoisotopic (exact) mass is 1390 g/mol. The second kappa shape index (κ2) is 31.2. The summed E-state index contributed by atoms with van der Waals surface area (Å²) >= 11 is 10.5. The quantitative estimate of drug-likeness (QED) is 0.0236. The van der Waals surface area contributed by atoms with Crippen molar-refractivity contribution in [3.05, 3.63) is 67.3 Å². The van der Waals surface area contributed by atoms with Crippen LogP contribution in [0.4, 0.5) is 40.5 Å². The van der Waals surface area contributed by atoms with Crippen LogP contribution in [0.25, 0.3) is 22.3 Å². The number of benzene rings is 1. The number of primary amides is 1. The van der Waals surface area contributed by atoms with Crippen molar-refractivity contribution in [2.45, 2.75) is 121 Å². The molecule has 10 N–H and O–H groups in total. The Balaban J connectivity index is 0.725. The summed E-state index contributed by atoms with van der Waals surface area (Å²) in [5, 5.41) is 10.5. The van der Waals surface area contributed by atoms with Crippen molar-refractivity contribution in [1.29, 1.82) is 0 Å². The number of rotatable bonds is 25. The maximum Gasteiger partial charge on any atom is 0.412 e. The minimum Gasteiger partial charge on any atom is -0.447 e. The molecule has 40 heteroatoms. The van der Waals surface area contributed by atoms with Crippen LogP contribution in [0.5, 0.6) is 0 Å². The van der Waals surface area contributed by atoms with Crippen LogP contribution in [0.2, 0.25) is 0 Å². The summed E-state index contributed by atoms with van der Waals surface area (Å²) in [6.45, 7) is -7.03. The first-order chi connectivity index (χ1) is 44.8. The number of imidazole rings is 2. The second-order valence-corrected chi connectivity index (χ2v) is 27.9. The van der Waals surface area contributed by atoms with Gasteiger partial charge in [0.2, 0.25) is 11.8 Å².